The Bertz CT molecular complexity index is 748. The Labute approximate surface area is 142 Å². The minimum absolute atomic E-state index is 0.00478. The van der Waals surface area contributed by atoms with Crippen LogP contribution < -0.4 is 5.32 Å². The van der Waals surface area contributed by atoms with Crippen molar-refractivity contribution in [3.05, 3.63) is 71.3 Å². The molecule has 0 fully saturated rings. The van der Waals surface area contributed by atoms with E-state index in [0.717, 1.165) is 22.4 Å². The van der Waals surface area contributed by atoms with Gasteiger partial charge in [0, 0.05) is 18.8 Å². The first-order valence-corrected chi connectivity index (χ1v) is 7.81. The average molecular weight is 322 g/mol. The molecule has 124 valence electrons. The van der Waals surface area contributed by atoms with Crippen LogP contribution in [0.4, 0.5) is 5.69 Å². The molecule has 0 aliphatic carbocycles. The quantitative estimate of drug-likeness (QED) is 0.858. The predicted molar refractivity (Wildman–Crippen MR) is 97.7 cm³/mol. The molecule has 0 aromatic heterocycles. The number of benzene rings is 2. The number of nitrogens with zero attached hydrogens (tertiary/aromatic N) is 1. The van der Waals surface area contributed by atoms with Crippen molar-refractivity contribution in [1.29, 1.82) is 0 Å². The van der Waals surface area contributed by atoms with Crippen LogP contribution in [0.2, 0.25) is 0 Å². The third-order valence-electron chi connectivity index (χ3n) is 3.69. The second-order valence-corrected chi connectivity index (χ2v) is 5.80. The lowest BCUT2D eigenvalue weighted by Gasteiger charge is -2.15. The van der Waals surface area contributed by atoms with Crippen molar-refractivity contribution in [3.63, 3.8) is 0 Å². The van der Waals surface area contributed by atoms with Gasteiger partial charge in [0.2, 0.25) is 11.8 Å². The van der Waals surface area contributed by atoms with E-state index < -0.39 is 0 Å². The van der Waals surface area contributed by atoms with Gasteiger partial charge in [-0.15, -0.1) is 0 Å². The Morgan fingerprint density at radius 1 is 1.04 bits per heavy atom. The fourth-order valence-electron chi connectivity index (χ4n) is 2.19. The van der Waals surface area contributed by atoms with E-state index in [9.17, 15) is 9.59 Å². The largest absolute Gasteiger partial charge is 0.333 e. The highest BCUT2D eigenvalue weighted by Crippen LogP contribution is 2.10. The molecule has 0 bridgehead atoms. The van der Waals surface area contributed by atoms with Crippen LogP contribution in [0, 0.1) is 13.8 Å². The van der Waals surface area contributed by atoms with E-state index in [2.05, 4.69) is 5.32 Å². The van der Waals surface area contributed by atoms with Crippen molar-refractivity contribution in [2.75, 3.05) is 18.9 Å². The molecule has 2 aromatic carbocycles. The van der Waals surface area contributed by atoms with Crippen LogP contribution in [0.25, 0.3) is 6.08 Å². The van der Waals surface area contributed by atoms with Gasteiger partial charge in [-0.2, -0.15) is 0 Å². The molecule has 2 amide bonds. The number of hydrogen-bond donors (Lipinski definition) is 1. The molecule has 0 spiro atoms. The second kappa shape index (κ2) is 8.11. The summed E-state index contributed by atoms with van der Waals surface area (Å²) >= 11 is 0. The average Bonchev–Trinajstić information content (AvgIpc) is 2.56. The van der Waals surface area contributed by atoms with Gasteiger partial charge in [-0.1, -0.05) is 42.0 Å². The second-order valence-electron chi connectivity index (χ2n) is 5.80. The number of hydrogen-bond acceptors (Lipinski definition) is 2. The number of anilines is 1. The summed E-state index contributed by atoms with van der Waals surface area (Å²) in [4.78, 5) is 25.5. The monoisotopic (exact) mass is 322 g/mol. The first-order valence-electron chi connectivity index (χ1n) is 7.81. The third-order valence-corrected chi connectivity index (χ3v) is 3.69. The van der Waals surface area contributed by atoms with Crippen molar-refractivity contribution in [3.8, 4) is 0 Å². The zero-order chi connectivity index (χ0) is 17.5. The minimum Gasteiger partial charge on any atom is -0.333 e. The highest BCUT2D eigenvalue weighted by Gasteiger charge is 2.10. The third kappa shape index (κ3) is 5.09. The van der Waals surface area contributed by atoms with Gasteiger partial charge in [0.1, 0.15) is 0 Å². The van der Waals surface area contributed by atoms with Crippen molar-refractivity contribution < 1.29 is 9.59 Å². The molecular weight excluding hydrogens is 300 g/mol. The normalized spacial score (nSPS) is 10.6. The number of likely N-dealkylation sites (N-methyl/N-ethyl adjacent to an activating group) is 1. The maximum Gasteiger partial charge on any atom is 0.246 e. The molecule has 0 atom stereocenters. The molecule has 24 heavy (non-hydrogen) atoms. The Morgan fingerprint density at radius 3 is 2.38 bits per heavy atom. The number of nitrogens with one attached hydrogen (secondary N) is 1. The van der Waals surface area contributed by atoms with E-state index in [-0.39, 0.29) is 18.4 Å². The van der Waals surface area contributed by atoms with Gasteiger partial charge in [-0.05, 0) is 43.2 Å². The summed E-state index contributed by atoms with van der Waals surface area (Å²) in [6.45, 7) is 3.98. The summed E-state index contributed by atoms with van der Waals surface area (Å²) in [6, 6.07) is 15.4. The molecule has 0 unspecified atom stereocenters. The SMILES string of the molecule is Cc1ccc(NC(=O)CN(C)C(=O)/C=C/c2ccccc2C)cc1. The zero-order valence-corrected chi connectivity index (χ0v) is 14.2. The van der Waals surface area contributed by atoms with Crippen molar-refractivity contribution in [1.82, 2.24) is 4.90 Å². The topological polar surface area (TPSA) is 49.4 Å². The maximum absolute atomic E-state index is 12.1. The lowest BCUT2D eigenvalue weighted by atomic mass is 10.1. The Morgan fingerprint density at radius 2 is 1.71 bits per heavy atom. The number of rotatable bonds is 5. The number of carbonyl (C=O) groups is 2. The molecule has 0 saturated heterocycles. The van der Waals surface area contributed by atoms with Crippen LogP contribution in [-0.4, -0.2) is 30.3 Å². The van der Waals surface area contributed by atoms with E-state index in [1.54, 1.807) is 13.1 Å². The Kier molecular flexibility index (Phi) is 5.90. The fourth-order valence-corrected chi connectivity index (χ4v) is 2.19. The van der Waals surface area contributed by atoms with Gasteiger partial charge >= 0.3 is 0 Å². The van der Waals surface area contributed by atoms with Crippen LogP contribution in [0.3, 0.4) is 0 Å². The van der Waals surface area contributed by atoms with Gasteiger partial charge in [-0.25, -0.2) is 0 Å². The lowest BCUT2D eigenvalue weighted by molar-refractivity contribution is -0.129. The number of amides is 2. The predicted octanol–water partition coefficient (Wildman–Crippen LogP) is 3.41. The van der Waals surface area contributed by atoms with Crippen LogP contribution in [0.1, 0.15) is 16.7 Å². The van der Waals surface area contributed by atoms with E-state index in [1.807, 2.05) is 62.4 Å². The van der Waals surface area contributed by atoms with Gasteiger partial charge in [-0.3, -0.25) is 9.59 Å². The standard InChI is InChI=1S/C20H22N2O2/c1-15-8-11-18(12-9-15)21-19(23)14-22(3)20(24)13-10-17-7-5-4-6-16(17)2/h4-13H,14H2,1-3H3,(H,21,23)/b13-10+. The molecule has 0 aliphatic rings. The number of aryl methyl sites for hydroxylation is 2. The molecule has 1 N–H and O–H groups in total. The number of carbonyl (C=O) groups excluding carboxylic acids is 2. The van der Waals surface area contributed by atoms with E-state index in [4.69, 9.17) is 0 Å². The van der Waals surface area contributed by atoms with Gasteiger partial charge in [0.05, 0.1) is 6.54 Å². The highest BCUT2D eigenvalue weighted by atomic mass is 16.2. The minimum atomic E-state index is -0.223. The van der Waals surface area contributed by atoms with Gasteiger partial charge in [0.15, 0.2) is 0 Å². The smallest absolute Gasteiger partial charge is 0.246 e. The van der Waals surface area contributed by atoms with Crippen LogP contribution in [-0.2, 0) is 9.59 Å². The molecule has 0 aliphatic heterocycles. The molecule has 4 heteroatoms. The lowest BCUT2D eigenvalue weighted by Crippen LogP contribution is -2.33. The summed E-state index contributed by atoms with van der Waals surface area (Å²) in [5.74, 6) is -0.434. The summed E-state index contributed by atoms with van der Waals surface area (Å²) in [6.07, 6.45) is 3.26. The van der Waals surface area contributed by atoms with Crippen molar-refractivity contribution in [2.45, 2.75) is 13.8 Å². The maximum atomic E-state index is 12.1. The van der Waals surface area contributed by atoms with Crippen molar-refractivity contribution in [2.24, 2.45) is 0 Å². The summed E-state index contributed by atoms with van der Waals surface area (Å²) < 4.78 is 0. The Hall–Kier alpha value is -2.88. The molecular formula is C20H22N2O2. The fraction of sp³-hybridized carbons (Fsp3) is 0.200. The molecule has 4 nitrogen and oxygen atoms in total. The Balaban J connectivity index is 1.90. The van der Waals surface area contributed by atoms with E-state index >= 15 is 0 Å². The molecule has 0 radical (unpaired) electrons. The summed E-state index contributed by atoms with van der Waals surface area (Å²) in [5.41, 5.74) is 3.94. The summed E-state index contributed by atoms with van der Waals surface area (Å²) in [5, 5.41) is 2.78. The van der Waals surface area contributed by atoms with Crippen molar-refractivity contribution >= 4 is 23.6 Å². The molecule has 2 aromatic rings. The van der Waals surface area contributed by atoms with Crippen LogP contribution >= 0.6 is 0 Å². The van der Waals surface area contributed by atoms with Gasteiger partial charge in [0.25, 0.3) is 0 Å². The van der Waals surface area contributed by atoms with E-state index in [1.165, 1.54) is 11.0 Å². The van der Waals surface area contributed by atoms with E-state index in [0.29, 0.717) is 0 Å². The zero-order valence-electron chi connectivity index (χ0n) is 14.2. The molecule has 0 heterocycles. The first kappa shape index (κ1) is 17.5. The van der Waals surface area contributed by atoms with Gasteiger partial charge < -0.3 is 10.2 Å². The first-order chi connectivity index (χ1) is 11.5. The highest BCUT2D eigenvalue weighted by molar-refractivity contribution is 5.97. The molecule has 2 rings (SSSR count). The summed E-state index contributed by atoms with van der Waals surface area (Å²) in [7, 11) is 1.61. The van der Waals surface area contributed by atoms with Crippen LogP contribution in [0.5, 0.6) is 0 Å². The van der Waals surface area contributed by atoms with Crippen LogP contribution in [0.15, 0.2) is 54.6 Å². The molecule has 0 saturated carbocycles.